The van der Waals surface area contributed by atoms with Crippen molar-refractivity contribution in [3.63, 3.8) is 0 Å². The highest BCUT2D eigenvalue weighted by Crippen LogP contribution is 2.19. The zero-order valence-corrected chi connectivity index (χ0v) is 7.59. The number of fused-ring (bicyclic) bond motifs is 1. The highest BCUT2D eigenvalue weighted by Gasteiger charge is 2.34. The number of rotatable bonds is 0. The normalized spacial score (nSPS) is 31.6. The van der Waals surface area contributed by atoms with E-state index in [4.69, 9.17) is 0 Å². The molecule has 0 saturated carbocycles. The minimum absolute atomic E-state index is 0.0530. The standard InChI is InChI=1S/C10H11NO3/c12-8-5-6-11-7(10(8)14)3-1-2-4-9(11)13/h1,3,5-7,10,14H,2,4H2/t7-,10+/m0/s1. The van der Waals surface area contributed by atoms with Gasteiger partial charge in [-0.1, -0.05) is 12.2 Å². The number of aliphatic hydroxyl groups excluding tert-OH is 1. The summed E-state index contributed by atoms with van der Waals surface area (Å²) in [4.78, 5) is 24.1. The molecule has 0 saturated heterocycles. The Labute approximate surface area is 81.5 Å². The molecule has 0 spiro atoms. The Balaban J connectivity index is 2.35. The number of hydrogen-bond donors (Lipinski definition) is 1. The molecule has 0 aliphatic carbocycles. The maximum absolute atomic E-state index is 11.5. The van der Waals surface area contributed by atoms with E-state index in [0.717, 1.165) is 0 Å². The van der Waals surface area contributed by atoms with Crippen molar-refractivity contribution in [3.8, 4) is 0 Å². The maximum Gasteiger partial charge on any atom is 0.227 e. The van der Waals surface area contributed by atoms with E-state index in [1.165, 1.54) is 17.2 Å². The third-order valence-electron chi connectivity index (χ3n) is 2.48. The van der Waals surface area contributed by atoms with Crippen molar-refractivity contribution in [2.45, 2.75) is 25.0 Å². The number of allylic oxidation sites excluding steroid dienone is 1. The first-order chi connectivity index (χ1) is 6.70. The van der Waals surface area contributed by atoms with E-state index in [0.29, 0.717) is 12.8 Å². The Morgan fingerprint density at radius 2 is 2.21 bits per heavy atom. The highest BCUT2D eigenvalue weighted by atomic mass is 16.3. The molecule has 0 aromatic carbocycles. The number of aliphatic hydroxyl groups is 1. The van der Waals surface area contributed by atoms with Crippen LogP contribution in [0.15, 0.2) is 24.4 Å². The Morgan fingerprint density at radius 3 is 3.00 bits per heavy atom. The molecule has 2 heterocycles. The van der Waals surface area contributed by atoms with Crippen LogP contribution in [0.5, 0.6) is 0 Å². The molecule has 4 heteroatoms. The van der Waals surface area contributed by atoms with Gasteiger partial charge in [-0.15, -0.1) is 0 Å². The topological polar surface area (TPSA) is 57.6 Å². The highest BCUT2D eigenvalue weighted by molar-refractivity contribution is 5.96. The molecule has 0 aromatic heterocycles. The number of carbonyl (C=O) groups is 2. The van der Waals surface area contributed by atoms with Crippen LogP contribution in [-0.4, -0.2) is 33.8 Å². The summed E-state index contributed by atoms with van der Waals surface area (Å²) >= 11 is 0. The van der Waals surface area contributed by atoms with E-state index in [9.17, 15) is 14.7 Å². The molecule has 2 atom stereocenters. The quantitative estimate of drug-likeness (QED) is 0.550. The van der Waals surface area contributed by atoms with E-state index in [1.807, 2.05) is 6.08 Å². The van der Waals surface area contributed by atoms with Crippen molar-refractivity contribution >= 4 is 11.7 Å². The Bertz CT molecular complexity index is 332. The second kappa shape index (κ2) is 3.38. The summed E-state index contributed by atoms with van der Waals surface area (Å²) in [6.45, 7) is 0. The molecule has 0 aromatic rings. The molecule has 2 rings (SSSR count). The van der Waals surface area contributed by atoms with E-state index >= 15 is 0 Å². The molecule has 0 fully saturated rings. The zero-order chi connectivity index (χ0) is 10.1. The lowest BCUT2D eigenvalue weighted by Gasteiger charge is -2.31. The van der Waals surface area contributed by atoms with E-state index in [1.54, 1.807) is 6.08 Å². The fourth-order valence-corrected chi connectivity index (χ4v) is 1.69. The van der Waals surface area contributed by atoms with Gasteiger partial charge in [-0.3, -0.25) is 9.59 Å². The molecule has 1 N–H and O–H groups in total. The molecule has 2 aliphatic heterocycles. The van der Waals surface area contributed by atoms with Crippen LogP contribution in [0, 0.1) is 0 Å². The summed E-state index contributed by atoms with van der Waals surface area (Å²) in [6.07, 6.45) is 6.24. The first-order valence-corrected chi connectivity index (χ1v) is 4.58. The van der Waals surface area contributed by atoms with Crippen LogP contribution < -0.4 is 0 Å². The van der Waals surface area contributed by atoms with Gasteiger partial charge in [0.25, 0.3) is 0 Å². The van der Waals surface area contributed by atoms with Gasteiger partial charge in [0, 0.05) is 18.7 Å². The lowest BCUT2D eigenvalue weighted by atomic mass is 10.0. The molecule has 1 amide bonds. The predicted molar refractivity (Wildman–Crippen MR) is 49.2 cm³/mol. The first kappa shape index (κ1) is 9.15. The van der Waals surface area contributed by atoms with Gasteiger partial charge in [0.15, 0.2) is 5.78 Å². The van der Waals surface area contributed by atoms with Gasteiger partial charge < -0.3 is 10.0 Å². The largest absolute Gasteiger partial charge is 0.382 e. The van der Waals surface area contributed by atoms with Crippen molar-refractivity contribution in [2.75, 3.05) is 0 Å². The van der Waals surface area contributed by atoms with Crippen LogP contribution in [0.4, 0.5) is 0 Å². The van der Waals surface area contributed by atoms with E-state index in [2.05, 4.69) is 0 Å². The van der Waals surface area contributed by atoms with Crippen molar-refractivity contribution < 1.29 is 14.7 Å². The average molecular weight is 193 g/mol. The van der Waals surface area contributed by atoms with Crippen LogP contribution in [-0.2, 0) is 9.59 Å². The fourth-order valence-electron chi connectivity index (χ4n) is 1.69. The molecular formula is C10H11NO3. The summed E-state index contributed by atoms with van der Waals surface area (Å²) in [5.41, 5.74) is 0. The minimum Gasteiger partial charge on any atom is -0.382 e. The predicted octanol–water partition coefficient (Wildman–Crippen LogP) is -0.00910. The van der Waals surface area contributed by atoms with E-state index < -0.39 is 12.1 Å². The average Bonchev–Trinajstić information content (AvgIpc) is 2.35. The minimum atomic E-state index is -1.11. The number of ketones is 1. The van der Waals surface area contributed by atoms with E-state index in [-0.39, 0.29) is 11.7 Å². The third kappa shape index (κ3) is 1.37. The Kier molecular flexibility index (Phi) is 2.21. The van der Waals surface area contributed by atoms with Gasteiger partial charge in [-0.05, 0) is 6.42 Å². The molecule has 4 nitrogen and oxygen atoms in total. The van der Waals surface area contributed by atoms with Crippen LogP contribution in [0.1, 0.15) is 12.8 Å². The van der Waals surface area contributed by atoms with Gasteiger partial charge in [-0.25, -0.2) is 0 Å². The molecule has 14 heavy (non-hydrogen) atoms. The van der Waals surface area contributed by atoms with Crippen molar-refractivity contribution in [1.82, 2.24) is 4.90 Å². The fraction of sp³-hybridized carbons (Fsp3) is 0.400. The number of carbonyl (C=O) groups excluding carboxylic acids is 2. The number of amides is 1. The summed E-state index contributed by atoms with van der Waals surface area (Å²) < 4.78 is 0. The summed E-state index contributed by atoms with van der Waals surface area (Å²) in [5.74, 6) is -0.395. The van der Waals surface area contributed by atoms with Gasteiger partial charge in [0.1, 0.15) is 6.10 Å². The summed E-state index contributed by atoms with van der Waals surface area (Å²) in [5, 5.41) is 9.57. The molecule has 74 valence electrons. The van der Waals surface area contributed by atoms with Crippen molar-refractivity contribution in [3.05, 3.63) is 24.4 Å². The molecular weight excluding hydrogens is 182 g/mol. The monoisotopic (exact) mass is 193 g/mol. The van der Waals surface area contributed by atoms with Crippen LogP contribution in [0.3, 0.4) is 0 Å². The SMILES string of the molecule is O=C1C=CN2C(=O)CCC=C[C@H]2[C@H]1O. The Morgan fingerprint density at radius 1 is 1.43 bits per heavy atom. The molecule has 0 unspecified atom stereocenters. The van der Waals surface area contributed by atoms with Crippen molar-refractivity contribution in [1.29, 1.82) is 0 Å². The van der Waals surface area contributed by atoms with Crippen molar-refractivity contribution in [2.24, 2.45) is 0 Å². The Hall–Kier alpha value is -1.42. The second-order valence-corrected chi connectivity index (χ2v) is 3.42. The summed E-state index contributed by atoms with van der Waals surface area (Å²) in [7, 11) is 0. The summed E-state index contributed by atoms with van der Waals surface area (Å²) in [6, 6.07) is -0.512. The zero-order valence-electron chi connectivity index (χ0n) is 7.59. The van der Waals surface area contributed by atoms with Crippen LogP contribution in [0.25, 0.3) is 0 Å². The van der Waals surface area contributed by atoms with Gasteiger partial charge in [0.05, 0.1) is 6.04 Å². The second-order valence-electron chi connectivity index (χ2n) is 3.42. The molecule has 2 aliphatic rings. The smallest absolute Gasteiger partial charge is 0.227 e. The van der Waals surface area contributed by atoms with Gasteiger partial charge >= 0.3 is 0 Å². The van der Waals surface area contributed by atoms with Gasteiger partial charge in [-0.2, -0.15) is 0 Å². The van der Waals surface area contributed by atoms with Crippen LogP contribution >= 0.6 is 0 Å². The first-order valence-electron chi connectivity index (χ1n) is 4.58. The molecule has 0 radical (unpaired) electrons. The lowest BCUT2D eigenvalue weighted by molar-refractivity contribution is -0.135. The number of nitrogens with zero attached hydrogens (tertiary/aromatic N) is 1. The maximum atomic E-state index is 11.5. The number of hydrogen-bond acceptors (Lipinski definition) is 3. The third-order valence-corrected chi connectivity index (χ3v) is 2.48. The van der Waals surface area contributed by atoms with Crippen LogP contribution in [0.2, 0.25) is 0 Å². The lowest BCUT2D eigenvalue weighted by Crippen LogP contribution is -2.48. The van der Waals surface area contributed by atoms with Gasteiger partial charge in [0.2, 0.25) is 5.91 Å². The molecule has 0 bridgehead atoms.